The molecule has 5 nitrogen and oxygen atoms in total. The summed E-state index contributed by atoms with van der Waals surface area (Å²) in [5.41, 5.74) is 0. The SMILES string of the molecule is C#CCNC(=O)c1nc(C)nn1C. The zero-order valence-electron chi connectivity index (χ0n) is 7.53. The van der Waals surface area contributed by atoms with E-state index in [1.807, 2.05) is 0 Å². The number of amides is 1. The van der Waals surface area contributed by atoms with Gasteiger partial charge in [0.15, 0.2) is 0 Å². The molecule has 0 aliphatic heterocycles. The van der Waals surface area contributed by atoms with Crippen molar-refractivity contribution in [3.05, 3.63) is 11.6 Å². The van der Waals surface area contributed by atoms with Crippen LogP contribution in [0.1, 0.15) is 16.4 Å². The summed E-state index contributed by atoms with van der Waals surface area (Å²) in [6.07, 6.45) is 4.99. The van der Waals surface area contributed by atoms with E-state index in [0.717, 1.165) is 0 Å². The molecule has 68 valence electrons. The van der Waals surface area contributed by atoms with E-state index in [1.54, 1.807) is 14.0 Å². The monoisotopic (exact) mass is 178 g/mol. The molecule has 0 bridgehead atoms. The molecule has 13 heavy (non-hydrogen) atoms. The highest BCUT2D eigenvalue weighted by Crippen LogP contribution is 1.94. The second-order valence-electron chi connectivity index (χ2n) is 2.49. The zero-order chi connectivity index (χ0) is 9.84. The largest absolute Gasteiger partial charge is 0.338 e. The molecule has 1 aromatic rings. The molecular weight excluding hydrogens is 168 g/mol. The Morgan fingerprint density at radius 2 is 2.46 bits per heavy atom. The molecule has 0 unspecified atom stereocenters. The van der Waals surface area contributed by atoms with Gasteiger partial charge in [-0.3, -0.25) is 4.79 Å². The number of hydrogen-bond acceptors (Lipinski definition) is 3. The lowest BCUT2D eigenvalue weighted by molar-refractivity contribution is 0.0944. The Morgan fingerprint density at radius 1 is 1.77 bits per heavy atom. The van der Waals surface area contributed by atoms with Crippen LogP contribution in [-0.4, -0.2) is 27.2 Å². The van der Waals surface area contributed by atoms with Gasteiger partial charge in [-0.2, -0.15) is 5.10 Å². The Bertz CT molecular complexity index is 361. The third kappa shape index (κ3) is 2.06. The number of aromatic nitrogens is 3. The highest BCUT2D eigenvalue weighted by Gasteiger charge is 2.11. The molecule has 0 saturated carbocycles. The highest BCUT2D eigenvalue weighted by atomic mass is 16.2. The summed E-state index contributed by atoms with van der Waals surface area (Å²) < 4.78 is 1.42. The average molecular weight is 178 g/mol. The van der Waals surface area contributed by atoms with Crippen molar-refractivity contribution in [2.45, 2.75) is 6.92 Å². The topological polar surface area (TPSA) is 59.8 Å². The molecule has 0 aromatic carbocycles. The van der Waals surface area contributed by atoms with Crippen LogP contribution in [-0.2, 0) is 7.05 Å². The van der Waals surface area contributed by atoms with E-state index >= 15 is 0 Å². The van der Waals surface area contributed by atoms with Crippen LogP contribution in [0.4, 0.5) is 0 Å². The number of carbonyl (C=O) groups is 1. The normalized spacial score (nSPS) is 9.31. The summed E-state index contributed by atoms with van der Waals surface area (Å²) in [5.74, 6) is 2.84. The van der Waals surface area contributed by atoms with Crippen LogP contribution in [0.2, 0.25) is 0 Å². The summed E-state index contributed by atoms with van der Waals surface area (Å²) in [5, 5.41) is 6.44. The van der Waals surface area contributed by atoms with Gasteiger partial charge >= 0.3 is 0 Å². The van der Waals surface area contributed by atoms with Crippen molar-refractivity contribution in [2.24, 2.45) is 7.05 Å². The summed E-state index contributed by atoms with van der Waals surface area (Å²) in [7, 11) is 1.66. The molecular formula is C8H10N4O. The maximum absolute atomic E-state index is 11.3. The number of hydrogen-bond donors (Lipinski definition) is 1. The molecule has 0 aliphatic rings. The first kappa shape index (κ1) is 9.26. The van der Waals surface area contributed by atoms with Gasteiger partial charge in [0.2, 0.25) is 5.82 Å². The fraction of sp³-hybridized carbons (Fsp3) is 0.375. The second-order valence-corrected chi connectivity index (χ2v) is 2.49. The first-order valence-electron chi connectivity index (χ1n) is 3.74. The van der Waals surface area contributed by atoms with E-state index in [0.29, 0.717) is 5.82 Å². The van der Waals surface area contributed by atoms with Gasteiger partial charge in [-0.15, -0.1) is 6.42 Å². The van der Waals surface area contributed by atoms with Crippen LogP contribution in [0.25, 0.3) is 0 Å². The maximum Gasteiger partial charge on any atom is 0.289 e. The molecule has 0 aliphatic carbocycles. The minimum atomic E-state index is -0.305. The smallest absolute Gasteiger partial charge is 0.289 e. The summed E-state index contributed by atoms with van der Waals surface area (Å²) in [6.45, 7) is 1.92. The Balaban J connectivity index is 2.78. The predicted octanol–water partition coefficient (Wildman–Crippen LogP) is -0.513. The highest BCUT2D eigenvalue weighted by molar-refractivity contribution is 5.90. The first-order chi connectivity index (χ1) is 6.15. The van der Waals surface area contributed by atoms with Crippen LogP contribution in [0.15, 0.2) is 0 Å². The molecule has 0 radical (unpaired) electrons. The van der Waals surface area contributed by atoms with Crippen LogP contribution in [0, 0.1) is 19.3 Å². The van der Waals surface area contributed by atoms with Crippen LogP contribution >= 0.6 is 0 Å². The first-order valence-corrected chi connectivity index (χ1v) is 3.74. The molecule has 0 saturated heterocycles. The van der Waals surface area contributed by atoms with Crippen molar-refractivity contribution in [3.63, 3.8) is 0 Å². The van der Waals surface area contributed by atoms with Gasteiger partial charge in [0.25, 0.3) is 5.91 Å². The standard InChI is InChI=1S/C8H10N4O/c1-4-5-9-8(13)7-10-6(2)11-12(7)3/h1H,5H2,2-3H3,(H,9,13). The number of carbonyl (C=O) groups excluding carboxylic acids is 1. The van der Waals surface area contributed by atoms with Crippen molar-refractivity contribution in [3.8, 4) is 12.3 Å². The number of aryl methyl sites for hydroxylation is 2. The molecule has 0 atom stereocenters. The summed E-state index contributed by atoms with van der Waals surface area (Å²) in [6, 6.07) is 0. The Labute approximate surface area is 76.2 Å². The van der Waals surface area contributed by atoms with E-state index in [2.05, 4.69) is 21.3 Å². The van der Waals surface area contributed by atoms with Gasteiger partial charge < -0.3 is 5.32 Å². The van der Waals surface area contributed by atoms with Crippen molar-refractivity contribution in [1.29, 1.82) is 0 Å². The lowest BCUT2D eigenvalue weighted by Gasteiger charge is -1.98. The number of nitrogens with one attached hydrogen (secondary N) is 1. The van der Waals surface area contributed by atoms with Crippen molar-refractivity contribution >= 4 is 5.91 Å². The molecule has 1 N–H and O–H groups in total. The molecule has 0 fully saturated rings. The third-order valence-electron chi connectivity index (χ3n) is 1.42. The second kappa shape index (κ2) is 3.72. The van der Waals surface area contributed by atoms with Crippen LogP contribution in [0.3, 0.4) is 0 Å². The van der Waals surface area contributed by atoms with Crippen LogP contribution < -0.4 is 5.32 Å². The lowest BCUT2D eigenvalue weighted by atomic mass is 10.5. The Hall–Kier alpha value is -1.83. The fourth-order valence-corrected chi connectivity index (χ4v) is 0.921. The van der Waals surface area contributed by atoms with E-state index < -0.39 is 0 Å². The van der Waals surface area contributed by atoms with Crippen molar-refractivity contribution in [1.82, 2.24) is 20.1 Å². The minimum Gasteiger partial charge on any atom is -0.338 e. The molecule has 5 heteroatoms. The van der Waals surface area contributed by atoms with Gasteiger partial charge in [0, 0.05) is 7.05 Å². The average Bonchev–Trinajstić information content (AvgIpc) is 2.41. The van der Waals surface area contributed by atoms with Crippen molar-refractivity contribution in [2.75, 3.05) is 6.54 Å². The zero-order valence-corrected chi connectivity index (χ0v) is 7.53. The molecule has 1 heterocycles. The number of terminal acetylenes is 1. The molecule has 0 spiro atoms. The predicted molar refractivity (Wildman–Crippen MR) is 46.9 cm³/mol. The van der Waals surface area contributed by atoms with E-state index in [4.69, 9.17) is 6.42 Å². The Kier molecular flexibility index (Phi) is 2.65. The van der Waals surface area contributed by atoms with E-state index in [1.165, 1.54) is 4.68 Å². The lowest BCUT2D eigenvalue weighted by Crippen LogP contribution is -2.26. The van der Waals surface area contributed by atoms with E-state index in [9.17, 15) is 4.79 Å². The minimum absolute atomic E-state index is 0.199. The Morgan fingerprint density at radius 3 is 2.92 bits per heavy atom. The number of nitrogens with zero attached hydrogens (tertiary/aromatic N) is 3. The van der Waals surface area contributed by atoms with Gasteiger partial charge in [-0.25, -0.2) is 9.67 Å². The van der Waals surface area contributed by atoms with Gasteiger partial charge in [-0.1, -0.05) is 5.92 Å². The van der Waals surface area contributed by atoms with Crippen molar-refractivity contribution < 1.29 is 4.79 Å². The molecule has 1 aromatic heterocycles. The maximum atomic E-state index is 11.3. The summed E-state index contributed by atoms with van der Waals surface area (Å²) >= 11 is 0. The third-order valence-corrected chi connectivity index (χ3v) is 1.42. The van der Waals surface area contributed by atoms with Gasteiger partial charge in [-0.05, 0) is 6.92 Å². The van der Waals surface area contributed by atoms with Crippen LogP contribution in [0.5, 0.6) is 0 Å². The van der Waals surface area contributed by atoms with E-state index in [-0.39, 0.29) is 18.3 Å². The molecule has 1 amide bonds. The summed E-state index contributed by atoms with van der Waals surface area (Å²) in [4.78, 5) is 15.2. The van der Waals surface area contributed by atoms with Gasteiger partial charge in [0.1, 0.15) is 5.82 Å². The number of rotatable bonds is 2. The molecule has 1 rings (SSSR count). The fourth-order valence-electron chi connectivity index (χ4n) is 0.921. The quantitative estimate of drug-likeness (QED) is 0.620. The van der Waals surface area contributed by atoms with Gasteiger partial charge in [0.05, 0.1) is 6.54 Å².